The van der Waals surface area contributed by atoms with E-state index in [1.165, 1.54) is 0 Å². The lowest BCUT2D eigenvalue weighted by Crippen LogP contribution is -2.14. The number of hydrogen-bond donors (Lipinski definition) is 1. The molecule has 1 aromatic heterocycles. The van der Waals surface area contributed by atoms with E-state index in [1.54, 1.807) is 24.3 Å². The first-order valence-electron chi connectivity index (χ1n) is 6.67. The standard InChI is InChI=1S/C15H16ClN3O3/c1-10-8-11(2)18-14(17-10)22-13-5-3-4-12(9-13)19-15(20)21-7-6-16/h3-5,8-9H,6-7H2,1-2H3,(H,19,20). The number of nitrogens with one attached hydrogen (secondary N) is 1. The number of carbonyl (C=O) groups excluding carboxylic acids is 1. The lowest BCUT2D eigenvalue weighted by atomic mass is 10.3. The van der Waals surface area contributed by atoms with Gasteiger partial charge in [0.1, 0.15) is 12.4 Å². The van der Waals surface area contributed by atoms with Gasteiger partial charge in [-0.15, -0.1) is 11.6 Å². The predicted octanol–water partition coefficient (Wildman–Crippen LogP) is 3.67. The number of carbonyl (C=O) groups is 1. The van der Waals surface area contributed by atoms with Gasteiger partial charge in [0.15, 0.2) is 0 Å². The summed E-state index contributed by atoms with van der Waals surface area (Å²) in [6.45, 7) is 3.89. The van der Waals surface area contributed by atoms with E-state index in [1.807, 2.05) is 19.9 Å². The second kappa shape index (κ2) is 7.61. The van der Waals surface area contributed by atoms with Gasteiger partial charge in [-0.1, -0.05) is 6.07 Å². The van der Waals surface area contributed by atoms with Crippen molar-refractivity contribution in [1.29, 1.82) is 0 Å². The van der Waals surface area contributed by atoms with Gasteiger partial charge in [0, 0.05) is 23.1 Å². The van der Waals surface area contributed by atoms with E-state index < -0.39 is 6.09 Å². The summed E-state index contributed by atoms with van der Waals surface area (Å²) in [7, 11) is 0. The third kappa shape index (κ3) is 4.89. The molecule has 7 heteroatoms. The van der Waals surface area contributed by atoms with Crippen molar-refractivity contribution in [3.63, 3.8) is 0 Å². The van der Waals surface area contributed by atoms with E-state index in [-0.39, 0.29) is 18.5 Å². The Balaban J connectivity index is 2.06. The van der Waals surface area contributed by atoms with Crippen LogP contribution in [0.3, 0.4) is 0 Å². The van der Waals surface area contributed by atoms with E-state index in [9.17, 15) is 4.79 Å². The van der Waals surface area contributed by atoms with Crippen LogP contribution in [-0.2, 0) is 4.74 Å². The number of anilines is 1. The average molecular weight is 322 g/mol. The molecule has 0 spiro atoms. The molecule has 0 aliphatic carbocycles. The molecule has 0 saturated heterocycles. The number of benzene rings is 1. The maximum atomic E-state index is 11.5. The number of halogens is 1. The van der Waals surface area contributed by atoms with Crippen LogP contribution in [-0.4, -0.2) is 28.5 Å². The number of aromatic nitrogens is 2. The zero-order valence-electron chi connectivity index (χ0n) is 12.3. The summed E-state index contributed by atoms with van der Waals surface area (Å²) in [6, 6.07) is 8.99. The lowest BCUT2D eigenvalue weighted by Gasteiger charge is -2.08. The second-order valence-electron chi connectivity index (χ2n) is 4.51. The minimum atomic E-state index is -0.569. The first-order chi connectivity index (χ1) is 10.6. The Hall–Kier alpha value is -2.34. The largest absolute Gasteiger partial charge is 0.448 e. The Morgan fingerprint density at radius 1 is 1.23 bits per heavy atom. The molecule has 0 unspecified atom stereocenters. The summed E-state index contributed by atoms with van der Waals surface area (Å²) in [5, 5.41) is 2.59. The van der Waals surface area contributed by atoms with Gasteiger partial charge in [-0.3, -0.25) is 5.32 Å². The molecule has 2 aromatic rings. The van der Waals surface area contributed by atoms with Gasteiger partial charge in [0.05, 0.1) is 5.88 Å². The predicted molar refractivity (Wildman–Crippen MR) is 83.7 cm³/mol. The molecule has 6 nitrogen and oxygen atoms in total. The van der Waals surface area contributed by atoms with Gasteiger partial charge in [-0.05, 0) is 32.0 Å². The number of rotatable bonds is 5. The summed E-state index contributed by atoms with van der Waals surface area (Å²) in [5.74, 6) is 0.765. The lowest BCUT2D eigenvalue weighted by molar-refractivity contribution is 0.168. The second-order valence-corrected chi connectivity index (χ2v) is 4.89. The van der Waals surface area contributed by atoms with Crippen LogP contribution in [0.5, 0.6) is 11.8 Å². The van der Waals surface area contributed by atoms with Crippen LogP contribution in [0.2, 0.25) is 0 Å². The number of hydrogen-bond acceptors (Lipinski definition) is 5. The van der Waals surface area contributed by atoms with Crippen molar-refractivity contribution in [1.82, 2.24) is 9.97 Å². The first-order valence-corrected chi connectivity index (χ1v) is 7.20. The summed E-state index contributed by atoms with van der Waals surface area (Å²) in [5.41, 5.74) is 2.18. The van der Waals surface area contributed by atoms with Crippen molar-refractivity contribution in [3.05, 3.63) is 41.7 Å². The Morgan fingerprint density at radius 2 is 1.95 bits per heavy atom. The quantitative estimate of drug-likeness (QED) is 0.850. The van der Waals surface area contributed by atoms with E-state index in [0.29, 0.717) is 11.4 Å². The Kier molecular flexibility index (Phi) is 5.55. The number of alkyl halides is 1. The summed E-state index contributed by atoms with van der Waals surface area (Å²) in [6.07, 6.45) is -0.569. The zero-order valence-corrected chi connectivity index (χ0v) is 13.1. The molecule has 0 atom stereocenters. The van der Waals surface area contributed by atoms with Crippen molar-refractivity contribution in [2.75, 3.05) is 17.8 Å². The van der Waals surface area contributed by atoms with Crippen molar-refractivity contribution in [2.24, 2.45) is 0 Å². The smallest absolute Gasteiger partial charge is 0.411 e. The summed E-state index contributed by atoms with van der Waals surface area (Å²) in [4.78, 5) is 19.9. The van der Waals surface area contributed by atoms with Crippen molar-refractivity contribution < 1.29 is 14.3 Å². The zero-order chi connectivity index (χ0) is 15.9. The topological polar surface area (TPSA) is 73.3 Å². The van der Waals surface area contributed by atoms with Gasteiger partial charge >= 0.3 is 12.1 Å². The highest BCUT2D eigenvalue weighted by Crippen LogP contribution is 2.22. The average Bonchev–Trinajstić information content (AvgIpc) is 2.44. The van der Waals surface area contributed by atoms with Crippen molar-refractivity contribution in [3.8, 4) is 11.8 Å². The molecule has 1 aromatic carbocycles. The Labute approximate surface area is 133 Å². The third-order valence-corrected chi connectivity index (χ3v) is 2.72. The molecule has 0 fully saturated rings. The molecule has 1 heterocycles. The number of nitrogens with zero attached hydrogens (tertiary/aromatic N) is 2. The molecule has 0 saturated carbocycles. The Bertz CT molecular complexity index is 644. The molecule has 116 valence electrons. The minimum Gasteiger partial charge on any atom is -0.448 e. The molecule has 1 N–H and O–H groups in total. The van der Waals surface area contributed by atoms with Gasteiger partial charge in [0.25, 0.3) is 0 Å². The number of amides is 1. The molecule has 2 rings (SSSR count). The highest BCUT2D eigenvalue weighted by molar-refractivity contribution is 6.18. The van der Waals surface area contributed by atoms with Crippen LogP contribution in [0.4, 0.5) is 10.5 Å². The highest BCUT2D eigenvalue weighted by Gasteiger charge is 2.06. The van der Waals surface area contributed by atoms with E-state index in [0.717, 1.165) is 11.4 Å². The SMILES string of the molecule is Cc1cc(C)nc(Oc2cccc(NC(=O)OCCCl)c2)n1. The number of aryl methyl sites for hydroxylation is 2. The molecule has 22 heavy (non-hydrogen) atoms. The minimum absolute atomic E-state index is 0.153. The maximum Gasteiger partial charge on any atom is 0.411 e. The van der Waals surface area contributed by atoms with Crippen molar-refractivity contribution >= 4 is 23.4 Å². The van der Waals surface area contributed by atoms with E-state index in [4.69, 9.17) is 21.1 Å². The van der Waals surface area contributed by atoms with Crippen LogP contribution in [0, 0.1) is 13.8 Å². The number of ether oxygens (including phenoxy) is 2. The van der Waals surface area contributed by atoms with Crippen LogP contribution >= 0.6 is 11.6 Å². The van der Waals surface area contributed by atoms with E-state index in [2.05, 4.69) is 15.3 Å². The summed E-state index contributed by atoms with van der Waals surface area (Å²) >= 11 is 5.45. The molecule has 0 aliphatic rings. The van der Waals surface area contributed by atoms with Crippen LogP contribution in [0.15, 0.2) is 30.3 Å². The third-order valence-electron chi connectivity index (χ3n) is 2.56. The van der Waals surface area contributed by atoms with Gasteiger partial charge in [-0.2, -0.15) is 0 Å². The molecular weight excluding hydrogens is 306 g/mol. The first kappa shape index (κ1) is 16.0. The van der Waals surface area contributed by atoms with Crippen LogP contribution in [0.1, 0.15) is 11.4 Å². The fraction of sp³-hybridized carbons (Fsp3) is 0.267. The molecule has 1 amide bonds. The van der Waals surface area contributed by atoms with E-state index >= 15 is 0 Å². The van der Waals surface area contributed by atoms with Gasteiger partial charge in [-0.25, -0.2) is 14.8 Å². The van der Waals surface area contributed by atoms with Gasteiger partial charge in [0.2, 0.25) is 0 Å². The van der Waals surface area contributed by atoms with Crippen LogP contribution < -0.4 is 10.1 Å². The highest BCUT2D eigenvalue weighted by atomic mass is 35.5. The fourth-order valence-electron chi connectivity index (χ4n) is 1.77. The monoisotopic (exact) mass is 321 g/mol. The van der Waals surface area contributed by atoms with Crippen molar-refractivity contribution in [2.45, 2.75) is 13.8 Å². The molecule has 0 aliphatic heterocycles. The van der Waals surface area contributed by atoms with Crippen LogP contribution in [0.25, 0.3) is 0 Å². The van der Waals surface area contributed by atoms with Gasteiger partial charge < -0.3 is 9.47 Å². The Morgan fingerprint density at radius 3 is 2.64 bits per heavy atom. The molecular formula is C15H16ClN3O3. The molecule has 0 bridgehead atoms. The fourth-order valence-corrected chi connectivity index (χ4v) is 1.84. The molecule has 0 radical (unpaired) electrons. The normalized spacial score (nSPS) is 10.1. The maximum absolute atomic E-state index is 11.5. The summed E-state index contributed by atoms with van der Waals surface area (Å²) < 4.78 is 10.4.